The normalized spacial score (nSPS) is 15.9. The lowest BCUT2D eigenvalue weighted by molar-refractivity contribution is -0.0506. The predicted molar refractivity (Wildman–Crippen MR) is 118 cm³/mol. The molecule has 1 unspecified atom stereocenters. The summed E-state index contributed by atoms with van der Waals surface area (Å²) in [4.78, 5) is 5.00. The van der Waals surface area contributed by atoms with Crippen LogP contribution in [0.15, 0.2) is 71.6 Å². The maximum Gasteiger partial charge on any atom is 0.387 e. The zero-order chi connectivity index (χ0) is 22.5. The summed E-state index contributed by atoms with van der Waals surface area (Å²) in [6.07, 6.45) is 2.66. The molecule has 2 heterocycles. The maximum atomic E-state index is 12.9. The Bertz CT molecular complexity index is 1410. The van der Waals surface area contributed by atoms with E-state index in [1.165, 1.54) is 6.26 Å². The van der Waals surface area contributed by atoms with E-state index in [4.69, 9.17) is 9.72 Å². The van der Waals surface area contributed by atoms with Gasteiger partial charge in [0.15, 0.2) is 9.84 Å². The monoisotopic (exact) mass is 454 g/mol. The molecule has 0 fully saturated rings. The van der Waals surface area contributed by atoms with E-state index in [1.807, 2.05) is 30.3 Å². The van der Waals surface area contributed by atoms with Gasteiger partial charge < -0.3 is 9.30 Å². The van der Waals surface area contributed by atoms with Gasteiger partial charge in [0.2, 0.25) is 0 Å². The fourth-order valence-electron chi connectivity index (χ4n) is 4.39. The van der Waals surface area contributed by atoms with Gasteiger partial charge in [0.1, 0.15) is 11.6 Å². The summed E-state index contributed by atoms with van der Waals surface area (Å²) in [5.74, 6) is 1.08. The van der Waals surface area contributed by atoms with E-state index in [1.54, 1.807) is 36.4 Å². The Morgan fingerprint density at radius 3 is 2.47 bits per heavy atom. The number of hydrogen-bond donors (Lipinski definition) is 0. The topological polar surface area (TPSA) is 61.2 Å². The number of fused-ring (bicyclic) bond motifs is 3. The quantitative estimate of drug-likeness (QED) is 0.414. The van der Waals surface area contributed by atoms with Crippen molar-refractivity contribution in [2.75, 3.05) is 6.26 Å². The Hall–Kier alpha value is -3.26. The van der Waals surface area contributed by atoms with Gasteiger partial charge >= 0.3 is 6.61 Å². The minimum atomic E-state index is -3.27. The first-order chi connectivity index (χ1) is 15.3. The van der Waals surface area contributed by atoms with E-state index in [0.29, 0.717) is 5.56 Å². The lowest BCUT2D eigenvalue weighted by Crippen LogP contribution is -2.10. The molecule has 0 radical (unpaired) electrons. The van der Waals surface area contributed by atoms with Crippen LogP contribution in [0.3, 0.4) is 0 Å². The molecule has 0 saturated heterocycles. The van der Waals surface area contributed by atoms with Crippen molar-refractivity contribution in [2.45, 2.75) is 30.4 Å². The Balaban J connectivity index is 1.59. The van der Waals surface area contributed by atoms with Gasteiger partial charge in [0.05, 0.1) is 22.0 Å². The van der Waals surface area contributed by atoms with Gasteiger partial charge in [-0.05, 0) is 47.9 Å². The Kier molecular flexibility index (Phi) is 4.97. The molecule has 164 valence electrons. The minimum Gasteiger partial charge on any atom is -0.434 e. The lowest BCUT2D eigenvalue weighted by atomic mass is 10.0. The van der Waals surface area contributed by atoms with Crippen LogP contribution in [-0.4, -0.2) is 30.8 Å². The van der Waals surface area contributed by atoms with Crippen LogP contribution in [0.2, 0.25) is 0 Å². The molecular formula is C24H20F2N2O3S. The second-order valence-electron chi connectivity index (χ2n) is 7.87. The van der Waals surface area contributed by atoms with E-state index in [0.717, 1.165) is 40.8 Å². The Labute approximate surface area is 184 Å². The van der Waals surface area contributed by atoms with Crippen molar-refractivity contribution in [1.82, 2.24) is 9.55 Å². The number of halogens is 2. The highest BCUT2D eigenvalue weighted by molar-refractivity contribution is 7.90. The number of alkyl halides is 2. The number of nitrogens with zero attached hydrogens (tertiary/aromatic N) is 2. The third-order valence-electron chi connectivity index (χ3n) is 5.83. The molecule has 0 N–H and O–H groups in total. The number of para-hydroxylation sites is 1. The average molecular weight is 454 g/mol. The number of benzene rings is 3. The molecule has 1 aliphatic rings. The van der Waals surface area contributed by atoms with Crippen LogP contribution in [0.5, 0.6) is 5.75 Å². The molecule has 4 aromatic rings. The van der Waals surface area contributed by atoms with Crippen molar-refractivity contribution in [3.63, 3.8) is 0 Å². The van der Waals surface area contributed by atoms with Crippen molar-refractivity contribution in [3.8, 4) is 16.9 Å². The first-order valence-electron chi connectivity index (χ1n) is 10.2. The van der Waals surface area contributed by atoms with Crippen LogP contribution in [0.25, 0.3) is 22.2 Å². The molecule has 1 atom stereocenters. The largest absolute Gasteiger partial charge is 0.434 e. The predicted octanol–water partition coefficient (Wildman–Crippen LogP) is 5.24. The number of hydrogen-bond acceptors (Lipinski definition) is 4. The molecule has 0 spiro atoms. The average Bonchev–Trinajstić information content (AvgIpc) is 3.32. The molecule has 0 bridgehead atoms. The van der Waals surface area contributed by atoms with Gasteiger partial charge in [-0.15, -0.1) is 0 Å². The van der Waals surface area contributed by atoms with Crippen LogP contribution < -0.4 is 4.74 Å². The number of aromatic nitrogens is 2. The third-order valence-corrected chi connectivity index (χ3v) is 6.95. The summed E-state index contributed by atoms with van der Waals surface area (Å²) >= 11 is 0. The third kappa shape index (κ3) is 3.64. The zero-order valence-electron chi connectivity index (χ0n) is 17.2. The molecule has 0 aliphatic carbocycles. The Morgan fingerprint density at radius 1 is 1.03 bits per heavy atom. The number of ether oxygens (including phenoxy) is 1. The van der Waals surface area contributed by atoms with Crippen LogP contribution in [-0.2, 0) is 16.3 Å². The number of aryl methyl sites for hydroxylation is 1. The fraction of sp³-hybridized carbons (Fsp3) is 0.208. The summed E-state index contributed by atoms with van der Waals surface area (Å²) in [7, 11) is -3.27. The van der Waals surface area contributed by atoms with E-state index < -0.39 is 16.4 Å². The van der Waals surface area contributed by atoms with Crippen LogP contribution in [0, 0.1) is 0 Å². The van der Waals surface area contributed by atoms with Gasteiger partial charge in [-0.1, -0.05) is 36.4 Å². The summed E-state index contributed by atoms with van der Waals surface area (Å²) in [5, 5.41) is 0. The molecular weight excluding hydrogens is 434 g/mol. The summed E-state index contributed by atoms with van der Waals surface area (Å²) in [6, 6.07) is 19.4. The number of imidazole rings is 1. The highest BCUT2D eigenvalue weighted by atomic mass is 32.2. The second-order valence-corrected chi connectivity index (χ2v) is 9.88. The molecule has 1 aromatic heterocycles. The summed E-state index contributed by atoms with van der Waals surface area (Å²) in [5.41, 5.74) is 4.23. The molecule has 0 amide bonds. The van der Waals surface area contributed by atoms with E-state index in [2.05, 4.69) is 4.57 Å². The van der Waals surface area contributed by atoms with Crippen LogP contribution >= 0.6 is 0 Å². The van der Waals surface area contributed by atoms with E-state index in [9.17, 15) is 17.2 Å². The van der Waals surface area contributed by atoms with Gasteiger partial charge in [-0.25, -0.2) is 13.4 Å². The smallest absolute Gasteiger partial charge is 0.387 e. The van der Waals surface area contributed by atoms with Crippen molar-refractivity contribution >= 4 is 20.9 Å². The van der Waals surface area contributed by atoms with Gasteiger partial charge in [0, 0.05) is 18.2 Å². The Morgan fingerprint density at radius 2 is 1.75 bits per heavy atom. The standard InChI is InChI=1S/C24H20F2N2O3S/c1-32(29,30)17-9-6-15(7-10-17)16-8-11-19-21(14-16)28-20(12-13-23(28)27-19)18-4-2-3-5-22(18)31-24(25)26/h2-11,14,20,24H,12-13H2,1H3. The first kappa shape index (κ1) is 20.6. The van der Waals surface area contributed by atoms with Crippen LogP contribution in [0.4, 0.5) is 8.78 Å². The zero-order valence-corrected chi connectivity index (χ0v) is 18.0. The van der Waals surface area contributed by atoms with Gasteiger partial charge in [-0.2, -0.15) is 8.78 Å². The summed E-state index contributed by atoms with van der Waals surface area (Å²) < 4.78 is 56.2. The SMILES string of the molecule is CS(=O)(=O)c1ccc(-c2ccc3nc4n(c3c2)C(c2ccccc2OC(F)F)CC4)cc1. The van der Waals surface area contributed by atoms with Crippen molar-refractivity contribution in [3.05, 3.63) is 78.1 Å². The minimum absolute atomic E-state index is 0.159. The van der Waals surface area contributed by atoms with E-state index >= 15 is 0 Å². The number of rotatable bonds is 5. The molecule has 5 nitrogen and oxygen atoms in total. The first-order valence-corrected chi connectivity index (χ1v) is 12.1. The van der Waals surface area contributed by atoms with Gasteiger partial charge in [-0.3, -0.25) is 0 Å². The maximum absolute atomic E-state index is 12.9. The van der Waals surface area contributed by atoms with Crippen molar-refractivity contribution in [1.29, 1.82) is 0 Å². The molecule has 8 heteroatoms. The highest BCUT2D eigenvalue weighted by Crippen LogP contribution is 2.40. The molecule has 0 saturated carbocycles. The van der Waals surface area contributed by atoms with E-state index in [-0.39, 0.29) is 16.7 Å². The fourth-order valence-corrected chi connectivity index (χ4v) is 5.02. The highest BCUT2D eigenvalue weighted by Gasteiger charge is 2.29. The molecule has 1 aliphatic heterocycles. The lowest BCUT2D eigenvalue weighted by Gasteiger charge is -2.19. The van der Waals surface area contributed by atoms with Crippen molar-refractivity contribution < 1.29 is 21.9 Å². The number of sulfone groups is 1. The molecule has 32 heavy (non-hydrogen) atoms. The second kappa shape index (κ2) is 7.70. The molecule has 3 aromatic carbocycles. The molecule has 5 rings (SSSR count). The van der Waals surface area contributed by atoms with Gasteiger partial charge in [0.25, 0.3) is 0 Å². The van der Waals surface area contributed by atoms with Crippen molar-refractivity contribution in [2.24, 2.45) is 0 Å². The summed E-state index contributed by atoms with van der Waals surface area (Å²) in [6.45, 7) is -2.89. The van der Waals surface area contributed by atoms with Crippen LogP contribution in [0.1, 0.15) is 23.9 Å².